The molecular weight excluding hydrogens is 547 g/mol. The summed E-state index contributed by atoms with van der Waals surface area (Å²) in [5, 5.41) is 17.9. The van der Waals surface area contributed by atoms with Crippen molar-refractivity contribution in [2.24, 2.45) is 10.2 Å². The van der Waals surface area contributed by atoms with Crippen molar-refractivity contribution in [3.05, 3.63) is 60.7 Å². The van der Waals surface area contributed by atoms with Gasteiger partial charge in [0.25, 0.3) is 20.2 Å². The number of nitrogens with zero attached hydrogens (tertiary/aromatic N) is 2. The topological polar surface area (TPSA) is 211 Å². The molecule has 3 N–H and O–H groups in total. The second kappa shape index (κ2) is 9.77. The van der Waals surface area contributed by atoms with Crippen molar-refractivity contribution >= 4 is 63.3 Å². The fourth-order valence-electron chi connectivity index (χ4n) is 3.49. The summed E-state index contributed by atoms with van der Waals surface area (Å²) < 4.78 is 101. The molecule has 0 spiro atoms. The summed E-state index contributed by atoms with van der Waals surface area (Å²) >= 11 is 0. The summed E-state index contributed by atoms with van der Waals surface area (Å²) in [6, 6.07) is 11.7. The molecule has 182 valence electrons. The third-order valence-corrected chi connectivity index (χ3v) is 7.57. The molecule has 0 amide bonds. The normalized spacial score (nSPS) is 12.8. The number of hydrogen-bond donors (Lipinski definition) is 3. The SMILES string of the molecule is O=S(=O)([O-])c1cc(S(=O)(=O)O)cc2ccc(O)c(N=Nc3ccc(S(=O)(=O)O)c4ccccc34)c12.[Na+]. The molecule has 12 nitrogen and oxygen atoms in total. The molecule has 4 aromatic carbocycles. The van der Waals surface area contributed by atoms with Crippen molar-refractivity contribution in [1.29, 1.82) is 0 Å². The number of phenolic OH excluding ortho intramolecular Hbond substituents is 1. The van der Waals surface area contributed by atoms with E-state index in [0.29, 0.717) is 6.07 Å². The Hall–Kier alpha value is -2.47. The molecule has 0 atom stereocenters. The summed E-state index contributed by atoms with van der Waals surface area (Å²) in [4.78, 5) is -2.32. The minimum Gasteiger partial charge on any atom is -0.744 e. The van der Waals surface area contributed by atoms with Crippen LogP contribution < -0.4 is 29.6 Å². The Morgan fingerprint density at radius 3 is 1.94 bits per heavy atom. The van der Waals surface area contributed by atoms with Crippen LogP contribution in [0.1, 0.15) is 0 Å². The van der Waals surface area contributed by atoms with E-state index in [2.05, 4.69) is 10.2 Å². The van der Waals surface area contributed by atoms with Crippen molar-refractivity contribution in [3.8, 4) is 5.75 Å². The van der Waals surface area contributed by atoms with E-state index in [0.717, 1.165) is 24.3 Å². The third-order valence-electron chi connectivity index (χ3n) is 4.97. The zero-order valence-electron chi connectivity index (χ0n) is 18.1. The summed E-state index contributed by atoms with van der Waals surface area (Å²) in [5.74, 6) is -0.607. The van der Waals surface area contributed by atoms with Crippen molar-refractivity contribution in [2.75, 3.05) is 0 Å². The average molecular weight is 561 g/mol. The molecule has 4 rings (SSSR count). The Balaban J connectivity index is 0.00000361. The van der Waals surface area contributed by atoms with Gasteiger partial charge in [0, 0.05) is 16.2 Å². The van der Waals surface area contributed by atoms with Gasteiger partial charge in [0.1, 0.15) is 26.5 Å². The minimum atomic E-state index is -5.32. The zero-order chi connectivity index (χ0) is 25.8. The average Bonchev–Trinajstić information content (AvgIpc) is 2.75. The van der Waals surface area contributed by atoms with Crippen LogP contribution in [-0.2, 0) is 30.4 Å². The Morgan fingerprint density at radius 2 is 1.36 bits per heavy atom. The molecular formula is C20H13N2NaO10S3. The van der Waals surface area contributed by atoms with Crippen LogP contribution in [0.4, 0.5) is 11.4 Å². The van der Waals surface area contributed by atoms with Gasteiger partial charge >= 0.3 is 29.6 Å². The number of aromatic hydroxyl groups is 1. The fraction of sp³-hybridized carbons (Fsp3) is 0. The van der Waals surface area contributed by atoms with Crippen LogP contribution >= 0.6 is 0 Å². The van der Waals surface area contributed by atoms with Crippen LogP contribution in [0.5, 0.6) is 5.75 Å². The van der Waals surface area contributed by atoms with E-state index in [1.807, 2.05) is 0 Å². The van der Waals surface area contributed by atoms with Crippen molar-refractivity contribution in [1.82, 2.24) is 0 Å². The predicted molar refractivity (Wildman–Crippen MR) is 121 cm³/mol. The summed E-state index contributed by atoms with van der Waals surface area (Å²) in [6.45, 7) is 0. The first-order valence-corrected chi connectivity index (χ1v) is 13.6. The van der Waals surface area contributed by atoms with Gasteiger partial charge in [0.2, 0.25) is 0 Å². The Kier molecular flexibility index (Phi) is 7.63. The maximum absolute atomic E-state index is 11.9. The molecule has 0 heterocycles. The first-order valence-electron chi connectivity index (χ1n) is 9.32. The molecule has 0 bridgehead atoms. The molecule has 0 aliphatic rings. The number of fused-ring (bicyclic) bond motifs is 2. The molecule has 0 unspecified atom stereocenters. The first-order chi connectivity index (χ1) is 16.2. The van der Waals surface area contributed by atoms with E-state index in [1.165, 1.54) is 24.3 Å². The van der Waals surface area contributed by atoms with Crippen LogP contribution in [-0.4, -0.2) is 44.0 Å². The number of azo groups is 1. The Morgan fingerprint density at radius 1 is 0.722 bits per heavy atom. The van der Waals surface area contributed by atoms with Crippen LogP contribution in [0.25, 0.3) is 21.5 Å². The van der Waals surface area contributed by atoms with Crippen molar-refractivity contribution in [3.63, 3.8) is 0 Å². The van der Waals surface area contributed by atoms with Gasteiger partial charge in [-0.3, -0.25) is 9.11 Å². The maximum Gasteiger partial charge on any atom is 1.00 e. The van der Waals surface area contributed by atoms with Crippen LogP contribution in [0.2, 0.25) is 0 Å². The van der Waals surface area contributed by atoms with Gasteiger partial charge in [-0.25, -0.2) is 8.42 Å². The van der Waals surface area contributed by atoms with Gasteiger partial charge in [0.15, 0.2) is 0 Å². The zero-order valence-corrected chi connectivity index (χ0v) is 22.5. The summed E-state index contributed by atoms with van der Waals surface area (Å²) in [6.07, 6.45) is 0. The molecule has 0 saturated heterocycles. The smallest absolute Gasteiger partial charge is 0.744 e. The summed E-state index contributed by atoms with van der Waals surface area (Å²) in [5.41, 5.74) is -0.438. The minimum absolute atomic E-state index is 0. The maximum atomic E-state index is 11.9. The van der Waals surface area contributed by atoms with E-state index < -0.39 is 61.9 Å². The quantitative estimate of drug-likeness (QED) is 0.175. The van der Waals surface area contributed by atoms with Crippen molar-refractivity contribution in [2.45, 2.75) is 14.7 Å². The molecule has 0 radical (unpaired) electrons. The van der Waals surface area contributed by atoms with E-state index in [1.54, 1.807) is 6.07 Å². The molecule has 4 aromatic rings. The van der Waals surface area contributed by atoms with E-state index in [9.17, 15) is 44.0 Å². The van der Waals surface area contributed by atoms with Gasteiger partial charge in [0.05, 0.1) is 15.5 Å². The fourth-order valence-corrected chi connectivity index (χ4v) is 5.54. The third kappa shape index (κ3) is 5.44. The first kappa shape index (κ1) is 28.1. The van der Waals surface area contributed by atoms with Gasteiger partial charge in [-0.15, -0.1) is 10.2 Å². The number of benzene rings is 4. The molecule has 0 fully saturated rings. The van der Waals surface area contributed by atoms with Gasteiger partial charge in [-0.05, 0) is 35.7 Å². The molecule has 0 aliphatic carbocycles. The van der Waals surface area contributed by atoms with Crippen LogP contribution in [0.3, 0.4) is 0 Å². The van der Waals surface area contributed by atoms with E-state index >= 15 is 0 Å². The Labute approximate surface area is 226 Å². The monoisotopic (exact) mass is 560 g/mol. The number of rotatable bonds is 5. The van der Waals surface area contributed by atoms with Gasteiger partial charge in [-0.2, -0.15) is 16.8 Å². The van der Waals surface area contributed by atoms with E-state index in [4.69, 9.17) is 0 Å². The molecule has 16 heteroatoms. The van der Waals surface area contributed by atoms with Crippen molar-refractivity contribution < 1.29 is 73.6 Å². The van der Waals surface area contributed by atoms with Crippen LogP contribution in [0, 0.1) is 0 Å². The number of hydrogen-bond acceptors (Lipinski definition) is 10. The standard InChI is InChI=1S/C20H14N2O10S3.Na/c23-16-7-5-11-9-12(33(24,25)26)10-18(35(30,31)32)19(11)20(16)22-21-15-6-8-17(34(27,28)29)14-4-2-1-3-13(14)15;/h1-10,23H,(H,24,25,26)(H,27,28,29)(H,30,31,32);/q;+1/p-1. The predicted octanol–water partition coefficient (Wildman–Crippen LogP) is 0.516. The summed E-state index contributed by atoms with van der Waals surface area (Å²) in [7, 11) is -14.8. The van der Waals surface area contributed by atoms with Gasteiger partial charge in [-0.1, -0.05) is 30.3 Å². The van der Waals surface area contributed by atoms with Crippen LogP contribution in [0.15, 0.2) is 85.6 Å². The molecule has 0 aromatic heterocycles. The largest absolute Gasteiger partial charge is 1.00 e. The second-order valence-electron chi connectivity index (χ2n) is 7.19. The molecule has 36 heavy (non-hydrogen) atoms. The van der Waals surface area contributed by atoms with Gasteiger partial charge < -0.3 is 9.66 Å². The Bertz CT molecular complexity index is 1890. The molecule has 0 aliphatic heterocycles. The number of phenols is 1. The molecule has 0 saturated carbocycles. The second-order valence-corrected chi connectivity index (χ2v) is 11.3. The van der Waals surface area contributed by atoms with E-state index in [-0.39, 0.29) is 51.4 Å².